The first-order valence-corrected chi connectivity index (χ1v) is 16.4. The molecular weight excluding hydrogens is 586 g/mol. The Morgan fingerprint density at radius 1 is 0.911 bits per heavy atom. The summed E-state index contributed by atoms with van der Waals surface area (Å²) in [5, 5.41) is 7.78. The lowest BCUT2D eigenvalue weighted by atomic mass is 9.83. The summed E-state index contributed by atoms with van der Waals surface area (Å²) in [6.07, 6.45) is 3.05. The smallest absolute Gasteiger partial charge is 0.251 e. The molecule has 0 radical (unpaired) electrons. The van der Waals surface area contributed by atoms with Crippen LogP contribution in [0.5, 0.6) is 11.5 Å². The van der Waals surface area contributed by atoms with Crippen LogP contribution in [0, 0.1) is 20.8 Å². The highest BCUT2D eigenvalue weighted by molar-refractivity contribution is 6.32. The summed E-state index contributed by atoms with van der Waals surface area (Å²) in [4.78, 5) is 29.3. The normalized spacial score (nSPS) is 19.3. The predicted octanol–water partition coefficient (Wildman–Crippen LogP) is 6.07. The van der Waals surface area contributed by atoms with Crippen LogP contribution in [0.4, 0.5) is 0 Å². The molecule has 2 fully saturated rings. The molecule has 6 rings (SSSR count). The molecule has 0 aromatic heterocycles. The van der Waals surface area contributed by atoms with E-state index in [1.54, 1.807) is 0 Å². The third-order valence-corrected chi connectivity index (χ3v) is 9.39. The summed E-state index contributed by atoms with van der Waals surface area (Å²) < 4.78 is 11.8. The number of hydrogen-bond acceptors (Lipinski definition) is 6. The molecule has 3 aromatic carbocycles. The third-order valence-electron chi connectivity index (χ3n) is 9.09. The quantitative estimate of drug-likeness (QED) is 0.187. The minimum absolute atomic E-state index is 0.0475. The second kappa shape index (κ2) is 13.8. The molecule has 3 aliphatic rings. The second-order valence-corrected chi connectivity index (χ2v) is 12.9. The van der Waals surface area contributed by atoms with Crippen molar-refractivity contribution in [3.8, 4) is 11.5 Å². The number of fused-ring (bicyclic) bond motifs is 2. The van der Waals surface area contributed by atoms with Gasteiger partial charge in [0.2, 0.25) is 0 Å². The van der Waals surface area contributed by atoms with Gasteiger partial charge in [-0.3, -0.25) is 9.59 Å². The number of Topliss-reactive ketones (excluding diaryl/α,β-unsaturated/α-hetero) is 1. The molecule has 3 aromatic rings. The Labute approximate surface area is 270 Å². The lowest BCUT2D eigenvalue weighted by molar-refractivity contribution is -0.128. The van der Waals surface area contributed by atoms with Crippen molar-refractivity contribution in [3.05, 3.63) is 99.1 Å². The van der Waals surface area contributed by atoms with E-state index in [0.29, 0.717) is 49.1 Å². The van der Waals surface area contributed by atoms with Crippen molar-refractivity contribution in [2.75, 3.05) is 32.8 Å². The van der Waals surface area contributed by atoms with E-state index < -0.39 is 0 Å². The topological polar surface area (TPSA) is 79.9 Å². The summed E-state index contributed by atoms with van der Waals surface area (Å²) in [5.74, 6) is 1.52. The van der Waals surface area contributed by atoms with E-state index in [1.807, 2.05) is 74.2 Å². The van der Waals surface area contributed by atoms with Crippen LogP contribution in [0.2, 0.25) is 5.02 Å². The van der Waals surface area contributed by atoms with Crippen LogP contribution < -0.4 is 20.1 Å². The Morgan fingerprint density at radius 2 is 1.62 bits per heavy atom. The van der Waals surface area contributed by atoms with E-state index in [9.17, 15) is 9.59 Å². The number of benzene rings is 3. The van der Waals surface area contributed by atoms with Gasteiger partial charge in [0.15, 0.2) is 5.78 Å². The van der Waals surface area contributed by atoms with Crippen molar-refractivity contribution < 1.29 is 19.1 Å². The number of hydrogen-bond donors (Lipinski definition) is 2. The SMILES string of the molecule is Cc1ccc(C(=O)CCN(C(=O)C2=C(c3ccc(OCCOc4cc(C)c(C)cc4Cl)cc3)C[C@@H]3CNC[C@H]2N3)C2CC2)cc1. The lowest BCUT2D eigenvalue weighted by Gasteiger charge is -2.40. The maximum absolute atomic E-state index is 14.3. The van der Waals surface area contributed by atoms with Crippen LogP contribution >= 0.6 is 11.6 Å². The van der Waals surface area contributed by atoms with Gasteiger partial charge in [-0.15, -0.1) is 0 Å². The largest absolute Gasteiger partial charge is 0.490 e. The first-order valence-electron chi connectivity index (χ1n) is 16.0. The van der Waals surface area contributed by atoms with Crippen molar-refractivity contribution in [1.29, 1.82) is 0 Å². The number of rotatable bonds is 12. The van der Waals surface area contributed by atoms with E-state index >= 15 is 0 Å². The maximum Gasteiger partial charge on any atom is 0.251 e. The van der Waals surface area contributed by atoms with Crippen molar-refractivity contribution in [2.45, 2.75) is 64.6 Å². The molecule has 1 saturated heterocycles. The Hall–Kier alpha value is -3.65. The number of nitrogens with one attached hydrogen (secondary N) is 2. The fourth-order valence-electron chi connectivity index (χ4n) is 6.26. The monoisotopic (exact) mass is 627 g/mol. The van der Waals surface area contributed by atoms with Gasteiger partial charge in [0.05, 0.1) is 11.1 Å². The van der Waals surface area contributed by atoms with Crippen LogP contribution in [0.15, 0.2) is 66.2 Å². The number of ketones is 1. The van der Waals surface area contributed by atoms with Gasteiger partial charge in [-0.25, -0.2) is 0 Å². The molecule has 1 amide bonds. The molecule has 2 atom stereocenters. The van der Waals surface area contributed by atoms with E-state index in [4.69, 9.17) is 21.1 Å². The summed E-state index contributed by atoms with van der Waals surface area (Å²) in [6.45, 7) is 8.83. The molecule has 7 nitrogen and oxygen atoms in total. The van der Waals surface area contributed by atoms with Crippen LogP contribution in [0.1, 0.15) is 58.3 Å². The minimum atomic E-state index is -0.0700. The van der Waals surface area contributed by atoms with Crippen molar-refractivity contribution in [1.82, 2.24) is 15.5 Å². The lowest BCUT2D eigenvalue weighted by Crippen LogP contribution is -2.60. The first-order chi connectivity index (χ1) is 21.8. The summed E-state index contributed by atoms with van der Waals surface area (Å²) in [6, 6.07) is 20.0. The zero-order valence-electron chi connectivity index (χ0n) is 26.3. The summed E-state index contributed by atoms with van der Waals surface area (Å²) in [5.41, 5.74) is 7.03. The standard InChI is InChI=1S/C37H42ClN3O4/c1-23-4-6-27(7-5-23)34(42)14-15-41(29-10-11-29)37(43)36-31(20-28-21-39-22-33(36)40-28)26-8-12-30(13-9-26)44-16-17-45-35-19-25(3)24(2)18-32(35)38/h4-9,12-13,18-19,28-29,33,39-40H,10-11,14-17,20-22H2,1-3H3/t28-,33-/m1/s1. The van der Waals surface area contributed by atoms with E-state index in [2.05, 4.69) is 22.8 Å². The summed E-state index contributed by atoms with van der Waals surface area (Å²) >= 11 is 6.34. The second-order valence-electron chi connectivity index (χ2n) is 12.5. The van der Waals surface area contributed by atoms with Gasteiger partial charge in [0.25, 0.3) is 5.91 Å². The number of carbonyl (C=O) groups is 2. The van der Waals surface area contributed by atoms with Crippen LogP contribution in [-0.4, -0.2) is 67.6 Å². The zero-order valence-corrected chi connectivity index (χ0v) is 27.1. The van der Waals surface area contributed by atoms with Crippen LogP contribution in [0.3, 0.4) is 0 Å². The molecular formula is C37H42ClN3O4. The van der Waals surface area contributed by atoms with Crippen molar-refractivity contribution in [2.24, 2.45) is 0 Å². The van der Waals surface area contributed by atoms with Gasteiger partial charge in [-0.05, 0) is 86.6 Å². The van der Waals surface area contributed by atoms with Gasteiger partial charge < -0.3 is 25.0 Å². The molecule has 1 saturated carbocycles. The van der Waals surface area contributed by atoms with Gasteiger partial charge in [0.1, 0.15) is 24.7 Å². The molecule has 2 heterocycles. The minimum Gasteiger partial charge on any atom is -0.490 e. The average molecular weight is 628 g/mol. The highest BCUT2D eigenvalue weighted by Crippen LogP contribution is 2.36. The Balaban J connectivity index is 1.15. The number of carbonyl (C=O) groups excluding carboxylic acids is 2. The number of halogens is 1. The molecule has 2 aliphatic heterocycles. The highest BCUT2D eigenvalue weighted by atomic mass is 35.5. The Kier molecular flexibility index (Phi) is 9.59. The highest BCUT2D eigenvalue weighted by Gasteiger charge is 2.41. The number of ether oxygens (including phenoxy) is 2. The fraction of sp³-hybridized carbons (Fsp3) is 0.405. The molecule has 1 aliphatic carbocycles. The van der Waals surface area contributed by atoms with Gasteiger partial charge in [-0.2, -0.15) is 0 Å². The maximum atomic E-state index is 14.3. The number of aryl methyl sites for hydroxylation is 3. The van der Waals surface area contributed by atoms with E-state index in [1.165, 1.54) is 0 Å². The molecule has 2 bridgehead atoms. The van der Waals surface area contributed by atoms with Gasteiger partial charge >= 0.3 is 0 Å². The van der Waals surface area contributed by atoms with Gasteiger partial charge in [-0.1, -0.05) is 53.6 Å². The van der Waals surface area contributed by atoms with Crippen molar-refractivity contribution in [3.63, 3.8) is 0 Å². The van der Waals surface area contributed by atoms with E-state index in [-0.39, 0.29) is 29.8 Å². The first kappa shape index (κ1) is 31.3. The fourth-order valence-corrected chi connectivity index (χ4v) is 6.54. The molecule has 236 valence electrons. The summed E-state index contributed by atoms with van der Waals surface area (Å²) in [7, 11) is 0. The molecule has 0 unspecified atom stereocenters. The molecule has 45 heavy (non-hydrogen) atoms. The van der Waals surface area contributed by atoms with Crippen molar-refractivity contribution >= 4 is 28.9 Å². The number of nitrogens with zero attached hydrogens (tertiary/aromatic N) is 1. The molecule has 8 heteroatoms. The number of piperazine rings is 1. The Bertz CT molecular complexity index is 1580. The predicted molar refractivity (Wildman–Crippen MR) is 178 cm³/mol. The Morgan fingerprint density at radius 3 is 2.36 bits per heavy atom. The zero-order chi connectivity index (χ0) is 31.5. The number of amides is 1. The van der Waals surface area contributed by atoms with E-state index in [0.717, 1.165) is 65.0 Å². The van der Waals surface area contributed by atoms with Gasteiger partial charge in [0, 0.05) is 49.3 Å². The molecule has 0 spiro atoms. The third kappa shape index (κ3) is 7.43. The molecule has 2 N–H and O–H groups in total. The van der Waals surface area contributed by atoms with Crippen LogP contribution in [-0.2, 0) is 4.79 Å². The van der Waals surface area contributed by atoms with Crippen LogP contribution in [0.25, 0.3) is 5.57 Å². The average Bonchev–Trinajstić information content (AvgIpc) is 3.87.